The molecule has 1 aliphatic rings. The Labute approximate surface area is 158 Å². The lowest BCUT2D eigenvalue weighted by Crippen LogP contribution is -2.10. The fraction of sp³-hybridized carbons (Fsp3) is 0.0476. The van der Waals surface area contributed by atoms with Crippen molar-refractivity contribution in [3.63, 3.8) is 0 Å². The van der Waals surface area contributed by atoms with Crippen LogP contribution in [0, 0.1) is 23.0 Å². The number of hydrogen-bond donors (Lipinski definition) is 2. The van der Waals surface area contributed by atoms with Gasteiger partial charge in [0.25, 0.3) is 0 Å². The quantitative estimate of drug-likeness (QED) is 0.526. The number of anilines is 2. The van der Waals surface area contributed by atoms with E-state index in [9.17, 15) is 18.7 Å². The molecule has 1 aliphatic heterocycles. The van der Waals surface area contributed by atoms with Gasteiger partial charge in [-0.15, -0.1) is 0 Å². The molecule has 0 fully saturated rings. The maximum atomic E-state index is 13.4. The van der Waals surface area contributed by atoms with Gasteiger partial charge >= 0.3 is 5.97 Å². The Balaban J connectivity index is 1.68. The second kappa shape index (κ2) is 6.67. The predicted octanol–water partition coefficient (Wildman–Crippen LogP) is 4.97. The van der Waals surface area contributed by atoms with Crippen LogP contribution >= 0.6 is 0 Å². The summed E-state index contributed by atoms with van der Waals surface area (Å²) in [5.41, 5.74) is 2.29. The molecule has 3 aromatic carbocycles. The number of nitrogens with zero attached hydrogens (tertiary/aromatic N) is 1. The molecule has 0 bridgehead atoms. The average Bonchev–Trinajstić information content (AvgIpc) is 2.68. The SMILES string of the molecule is N#Cc1cc2c(c(C(=O)O)c1)Nc1cc(Cc3ccc(F)c(F)c3)ccc1O2. The van der Waals surface area contributed by atoms with E-state index in [1.807, 2.05) is 6.07 Å². The number of carbonyl (C=O) groups is 1. The Hall–Kier alpha value is -3.92. The molecular weight excluding hydrogens is 366 g/mol. The van der Waals surface area contributed by atoms with Crippen LogP contribution in [0.15, 0.2) is 48.5 Å². The number of carboxylic acids is 1. The Morgan fingerprint density at radius 3 is 2.50 bits per heavy atom. The number of nitriles is 1. The molecule has 1 heterocycles. The Morgan fingerprint density at radius 1 is 1.04 bits per heavy atom. The third-order valence-electron chi connectivity index (χ3n) is 4.38. The summed E-state index contributed by atoms with van der Waals surface area (Å²) in [5.74, 6) is -2.29. The van der Waals surface area contributed by atoms with Gasteiger partial charge in [0, 0.05) is 6.07 Å². The van der Waals surface area contributed by atoms with E-state index in [1.165, 1.54) is 18.2 Å². The standard InChI is InChI=1S/C21H12F2N2O3/c22-15-3-1-11(7-16(15)23)5-12-2-4-18-17(8-12)25-20-14(21(26)27)6-13(10-24)9-19(20)28-18/h1-4,6-9,25H,5H2,(H,26,27). The summed E-state index contributed by atoms with van der Waals surface area (Å²) in [6.07, 6.45) is 0.359. The highest BCUT2D eigenvalue weighted by Crippen LogP contribution is 2.44. The molecule has 7 heteroatoms. The van der Waals surface area contributed by atoms with Crippen molar-refractivity contribution in [3.8, 4) is 17.6 Å². The number of fused-ring (bicyclic) bond motifs is 2. The van der Waals surface area contributed by atoms with Gasteiger partial charge in [0.1, 0.15) is 0 Å². The molecule has 0 amide bonds. The number of halogens is 2. The topological polar surface area (TPSA) is 82.4 Å². The van der Waals surface area contributed by atoms with Crippen molar-refractivity contribution in [2.45, 2.75) is 6.42 Å². The van der Waals surface area contributed by atoms with Gasteiger partial charge in [0.15, 0.2) is 23.1 Å². The maximum absolute atomic E-state index is 13.4. The summed E-state index contributed by atoms with van der Waals surface area (Å²) in [5, 5.41) is 21.6. The number of rotatable bonds is 3. The van der Waals surface area contributed by atoms with E-state index >= 15 is 0 Å². The van der Waals surface area contributed by atoms with Gasteiger partial charge in [0.2, 0.25) is 0 Å². The minimum atomic E-state index is -1.19. The van der Waals surface area contributed by atoms with Crippen molar-refractivity contribution in [2.24, 2.45) is 0 Å². The van der Waals surface area contributed by atoms with Crippen LogP contribution in [0.5, 0.6) is 11.5 Å². The van der Waals surface area contributed by atoms with Gasteiger partial charge < -0.3 is 15.2 Å². The Kier molecular flexibility index (Phi) is 4.17. The van der Waals surface area contributed by atoms with Crippen molar-refractivity contribution >= 4 is 17.3 Å². The molecule has 0 unspecified atom stereocenters. The molecule has 0 spiro atoms. The second-order valence-electron chi connectivity index (χ2n) is 6.30. The van der Waals surface area contributed by atoms with Crippen LogP contribution in [0.2, 0.25) is 0 Å². The third-order valence-corrected chi connectivity index (χ3v) is 4.38. The molecule has 0 saturated heterocycles. The molecule has 0 atom stereocenters. The van der Waals surface area contributed by atoms with E-state index in [2.05, 4.69) is 5.32 Å². The van der Waals surface area contributed by atoms with Crippen molar-refractivity contribution in [3.05, 3.63) is 82.4 Å². The van der Waals surface area contributed by atoms with Crippen molar-refractivity contribution in [2.75, 3.05) is 5.32 Å². The molecule has 28 heavy (non-hydrogen) atoms. The van der Waals surface area contributed by atoms with Crippen molar-refractivity contribution in [1.82, 2.24) is 0 Å². The lowest BCUT2D eigenvalue weighted by atomic mass is 10.0. The van der Waals surface area contributed by atoms with E-state index in [0.29, 0.717) is 23.4 Å². The molecule has 138 valence electrons. The second-order valence-corrected chi connectivity index (χ2v) is 6.30. The summed E-state index contributed by atoms with van der Waals surface area (Å²) in [6.45, 7) is 0. The highest BCUT2D eigenvalue weighted by atomic mass is 19.2. The monoisotopic (exact) mass is 378 g/mol. The smallest absolute Gasteiger partial charge is 0.338 e. The highest BCUT2D eigenvalue weighted by Gasteiger charge is 2.24. The van der Waals surface area contributed by atoms with Crippen molar-refractivity contribution < 1.29 is 23.4 Å². The van der Waals surface area contributed by atoms with Gasteiger partial charge in [-0.2, -0.15) is 5.26 Å². The molecule has 0 aliphatic carbocycles. The van der Waals surface area contributed by atoms with Crippen LogP contribution < -0.4 is 10.1 Å². The number of hydrogen-bond acceptors (Lipinski definition) is 4. The van der Waals surface area contributed by atoms with Crippen LogP contribution in [0.1, 0.15) is 27.0 Å². The first-order chi connectivity index (χ1) is 13.4. The van der Waals surface area contributed by atoms with Gasteiger partial charge in [-0.3, -0.25) is 0 Å². The van der Waals surface area contributed by atoms with Crippen LogP contribution in [-0.4, -0.2) is 11.1 Å². The fourth-order valence-electron chi connectivity index (χ4n) is 3.07. The summed E-state index contributed by atoms with van der Waals surface area (Å²) in [7, 11) is 0. The number of carboxylic acid groups (broad SMARTS) is 1. The first-order valence-corrected chi connectivity index (χ1v) is 8.28. The molecule has 2 N–H and O–H groups in total. The summed E-state index contributed by atoms with van der Waals surface area (Å²) in [6, 6.07) is 13.6. The van der Waals surface area contributed by atoms with Gasteiger partial charge in [0.05, 0.1) is 28.6 Å². The fourth-order valence-corrected chi connectivity index (χ4v) is 3.07. The molecular formula is C21H12F2N2O3. The minimum absolute atomic E-state index is 0.0780. The number of ether oxygens (including phenoxy) is 1. The van der Waals surface area contributed by atoms with Crippen molar-refractivity contribution in [1.29, 1.82) is 5.26 Å². The molecule has 0 aromatic heterocycles. The third kappa shape index (κ3) is 3.12. The van der Waals surface area contributed by atoms with Gasteiger partial charge in [-0.25, -0.2) is 13.6 Å². The van der Waals surface area contributed by atoms with Gasteiger partial charge in [-0.1, -0.05) is 12.1 Å². The summed E-state index contributed by atoms with van der Waals surface area (Å²) < 4.78 is 32.3. The average molecular weight is 378 g/mol. The number of benzene rings is 3. The van der Waals surface area contributed by atoms with Crippen LogP contribution in [0.25, 0.3) is 0 Å². The van der Waals surface area contributed by atoms with E-state index in [4.69, 9.17) is 10.00 Å². The normalized spacial score (nSPS) is 11.5. The predicted molar refractivity (Wildman–Crippen MR) is 97.1 cm³/mol. The first-order valence-electron chi connectivity index (χ1n) is 8.28. The van der Waals surface area contributed by atoms with Crippen LogP contribution in [0.3, 0.4) is 0 Å². The number of aromatic carboxylic acids is 1. The Morgan fingerprint density at radius 2 is 1.79 bits per heavy atom. The van der Waals surface area contributed by atoms with E-state index in [0.717, 1.165) is 17.7 Å². The zero-order valence-corrected chi connectivity index (χ0v) is 14.3. The first kappa shape index (κ1) is 17.5. The Bertz CT molecular complexity index is 1170. The highest BCUT2D eigenvalue weighted by molar-refractivity contribution is 5.99. The van der Waals surface area contributed by atoms with E-state index < -0.39 is 17.6 Å². The van der Waals surface area contributed by atoms with Gasteiger partial charge in [-0.05, 0) is 47.9 Å². The molecule has 4 rings (SSSR count). The largest absolute Gasteiger partial charge is 0.478 e. The zero-order chi connectivity index (χ0) is 19.8. The van der Waals surface area contributed by atoms with E-state index in [1.54, 1.807) is 18.2 Å². The molecule has 5 nitrogen and oxygen atoms in total. The molecule has 3 aromatic rings. The summed E-state index contributed by atoms with van der Waals surface area (Å²) in [4.78, 5) is 11.5. The molecule has 0 saturated carbocycles. The maximum Gasteiger partial charge on any atom is 0.338 e. The summed E-state index contributed by atoms with van der Waals surface area (Å²) >= 11 is 0. The zero-order valence-electron chi connectivity index (χ0n) is 14.3. The lowest BCUT2D eigenvalue weighted by Gasteiger charge is -2.24. The minimum Gasteiger partial charge on any atom is -0.478 e. The van der Waals surface area contributed by atoms with Crippen LogP contribution in [0.4, 0.5) is 20.2 Å². The van der Waals surface area contributed by atoms with Crippen LogP contribution in [-0.2, 0) is 6.42 Å². The van der Waals surface area contributed by atoms with E-state index in [-0.39, 0.29) is 22.6 Å². The lowest BCUT2D eigenvalue weighted by molar-refractivity contribution is 0.0697. The molecule has 0 radical (unpaired) electrons. The number of nitrogens with one attached hydrogen (secondary N) is 1.